The van der Waals surface area contributed by atoms with Gasteiger partial charge < -0.3 is 14.6 Å². The van der Waals surface area contributed by atoms with Gasteiger partial charge in [0.1, 0.15) is 11.9 Å². The summed E-state index contributed by atoms with van der Waals surface area (Å²) >= 11 is 7.71. The Hall–Kier alpha value is -0.850. The molecule has 2 aliphatic heterocycles. The van der Waals surface area contributed by atoms with Crippen LogP contribution in [-0.2, 0) is 15.9 Å². The van der Waals surface area contributed by atoms with Crippen LogP contribution in [0.4, 0.5) is 0 Å². The molecule has 6 unspecified atom stereocenters. The molecular weight excluding hydrogens is 548 g/mol. The zero-order valence-electron chi connectivity index (χ0n) is 20.1. The average Bonchev–Trinajstić information content (AvgIpc) is 3.39. The average molecular weight is 584 g/mol. The van der Waals surface area contributed by atoms with Crippen LogP contribution in [0.3, 0.4) is 0 Å². The molecule has 1 N–H and O–H groups in total. The maximum absolute atomic E-state index is 13.1. The van der Waals surface area contributed by atoms with Gasteiger partial charge in [0.15, 0.2) is 0 Å². The van der Waals surface area contributed by atoms with Gasteiger partial charge in [-0.3, -0.25) is 0 Å². The van der Waals surface area contributed by atoms with Crippen molar-refractivity contribution in [3.05, 3.63) is 41.5 Å². The van der Waals surface area contributed by atoms with Crippen LogP contribution in [0, 0.1) is 11.3 Å². The first kappa shape index (κ1) is 25.2. The summed E-state index contributed by atoms with van der Waals surface area (Å²) in [5.41, 5.74) is 2.31. The molecule has 6 atom stereocenters. The summed E-state index contributed by atoms with van der Waals surface area (Å²) in [6, 6.07) is 5.08. The van der Waals surface area contributed by atoms with E-state index >= 15 is 0 Å². The van der Waals surface area contributed by atoms with Crippen LogP contribution in [0.5, 0.6) is 5.75 Å². The molecule has 182 valence electrons. The number of phenolic OH excluding ortho intramolecular Hbond substituents is 1. The minimum atomic E-state index is -0.361. The van der Waals surface area contributed by atoms with Crippen molar-refractivity contribution >= 4 is 37.8 Å². The Labute approximate surface area is 214 Å². The third kappa shape index (κ3) is 5.08. The van der Waals surface area contributed by atoms with Gasteiger partial charge in [-0.2, -0.15) is 0 Å². The van der Waals surface area contributed by atoms with Crippen molar-refractivity contribution < 1.29 is 19.4 Å². The fraction of sp³-hybridized carbons (Fsp3) is 0.667. The number of cyclic esters (lactones) is 1. The maximum Gasteiger partial charge on any atom is 0.338 e. The van der Waals surface area contributed by atoms with Crippen molar-refractivity contribution in [1.82, 2.24) is 0 Å². The molecule has 1 saturated heterocycles. The second kappa shape index (κ2) is 8.98. The van der Waals surface area contributed by atoms with E-state index in [-0.39, 0.29) is 45.2 Å². The number of hydrogen-bond acceptors (Lipinski definition) is 4. The number of epoxide rings is 1. The molecule has 0 aromatic heterocycles. The smallest absolute Gasteiger partial charge is 0.338 e. The summed E-state index contributed by atoms with van der Waals surface area (Å²) in [6.07, 6.45) is 6.20. The highest BCUT2D eigenvalue weighted by atomic mass is 79.9. The second-order valence-electron chi connectivity index (χ2n) is 11.2. The predicted octanol–water partition coefficient (Wildman–Crippen LogP) is 7.10. The lowest BCUT2D eigenvalue weighted by molar-refractivity contribution is 0.0191. The number of alkyl halides is 2. The van der Waals surface area contributed by atoms with Crippen molar-refractivity contribution in [2.45, 2.75) is 99.6 Å². The Bertz CT molecular complexity index is 939. The monoisotopic (exact) mass is 582 g/mol. The fourth-order valence-electron chi connectivity index (χ4n) is 5.78. The van der Waals surface area contributed by atoms with Gasteiger partial charge in [-0.25, -0.2) is 4.79 Å². The van der Waals surface area contributed by atoms with E-state index in [1.807, 2.05) is 19.9 Å². The number of fused-ring (bicyclic) bond motifs is 4. The number of phenols is 1. The summed E-state index contributed by atoms with van der Waals surface area (Å²) < 4.78 is 11.8. The molecular formula is C27H36Br2O4. The third-order valence-electron chi connectivity index (χ3n) is 8.36. The van der Waals surface area contributed by atoms with Crippen molar-refractivity contribution in [2.75, 3.05) is 0 Å². The number of allylic oxidation sites excluding steroid dienone is 1. The standard InChI is InChI=1S/C27H36Br2O4/c1-16-6-9-21(28)26(4)12-10-23-27(5,33-23)13-11-22(25(2,3)29)32-24(31)17-7-8-20(30)18(14-17)15-19(16)26/h7-8,14,19,21-23,30H,1,6,9-13,15H2,2-5H3. The van der Waals surface area contributed by atoms with E-state index in [2.05, 4.69) is 52.3 Å². The lowest BCUT2D eigenvalue weighted by Crippen LogP contribution is -2.42. The van der Waals surface area contributed by atoms with E-state index in [0.717, 1.165) is 44.1 Å². The van der Waals surface area contributed by atoms with Crippen LogP contribution in [0.15, 0.2) is 30.4 Å². The number of halogens is 2. The summed E-state index contributed by atoms with van der Waals surface area (Å²) in [4.78, 5) is 13.5. The summed E-state index contributed by atoms with van der Waals surface area (Å²) in [5.74, 6) is 0.0704. The van der Waals surface area contributed by atoms with Crippen LogP contribution in [0.2, 0.25) is 0 Å². The molecule has 0 radical (unpaired) electrons. The molecule has 4 rings (SSSR count). The van der Waals surface area contributed by atoms with Crippen LogP contribution in [0.25, 0.3) is 0 Å². The number of esters is 1. The summed E-state index contributed by atoms with van der Waals surface area (Å²) in [6.45, 7) is 13.0. The van der Waals surface area contributed by atoms with Gasteiger partial charge >= 0.3 is 5.97 Å². The zero-order valence-corrected chi connectivity index (χ0v) is 23.3. The number of aromatic hydroxyl groups is 1. The van der Waals surface area contributed by atoms with Crippen molar-refractivity contribution in [3.63, 3.8) is 0 Å². The molecule has 33 heavy (non-hydrogen) atoms. The van der Waals surface area contributed by atoms with E-state index in [4.69, 9.17) is 9.47 Å². The SMILES string of the molecule is C=C1CCC(Br)C2(C)CCC3OC3(C)CCC(C(C)(C)Br)OC(=O)c3ccc(O)c(c3)CC12. The molecule has 6 heteroatoms. The van der Waals surface area contributed by atoms with Gasteiger partial charge in [-0.05, 0) is 101 Å². The highest BCUT2D eigenvalue weighted by Gasteiger charge is 2.54. The molecule has 1 saturated carbocycles. The van der Waals surface area contributed by atoms with Crippen LogP contribution in [-0.4, -0.2) is 38.0 Å². The first-order valence-electron chi connectivity index (χ1n) is 12.0. The number of ether oxygens (including phenoxy) is 2. The molecule has 1 aromatic rings. The largest absolute Gasteiger partial charge is 0.508 e. The minimum absolute atomic E-state index is 0.00822. The Morgan fingerprint density at radius 2 is 1.91 bits per heavy atom. The molecule has 0 amide bonds. The summed E-state index contributed by atoms with van der Waals surface area (Å²) in [5, 5.41) is 10.7. The molecule has 2 fully saturated rings. The van der Waals surface area contributed by atoms with Crippen LogP contribution >= 0.6 is 31.9 Å². The maximum atomic E-state index is 13.1. The van der Waals surface area contributed by atoms with Gasteiger partial charge in [0, 0.05) is 4.83 Å². The van der Waals surface area contributed by atoms with Crippen LogP contribution in [0.1, 0.15) is 82.1 Å². The Morgan fingerprint density at radius 3 is 2.61 bits per heavy atom. The number of hydrogen-bond donors (Lipinski definition) is 1. The number of carbonyl (C=O) groups is 1. The Morgan fingerprint density at radius 1 is 1.18 bits per heavy atom. The van der Waals surface area contributed by atoms with E-state index < -0.39 is 0 Å². The molecule has 2 heterocycles. The van der Waals surface area contributed by atoms with Gasteiger partial charge in [0.2, 0.25) is 0 Å². The van der Waals surface area contributed by atoms with E-state index in [9.17, 15) is 9.90 Å². The van der Waals surface area contributed by atoms with Gasteiger partial charge in [0.05, 0.1) is 21.6 Å². The fourth-order valence-corrected chi connectivity index (χ4v) is 6.88. The minimum Gasteiger partial charge on any atom is -0.508 e. The lowest BCUT2D eigenvalue weighted by Gasteiger charge is -2.47. The normalized spacial score (nSPS) is 37.8. The first-order chi connectivity index (χ1) is 15.3. The first-order valence-corrected chi connectivity index (χ1v) is 13.8. The van der Waals surface area contributed by atoms with Crippen molar-refractivity contribution in [1.29, 1.82) is 0 Å². The summed E-state index contributed by atoms with van der Waals surface area (Å²) in [7, 11) is 0. The Kier molecular flexibility index (Phi) is 6.87. The molecule has 0 spiro atoms. The second-order valence-corrected chi connectivity index (χ2v) is 14.4. The van der Waals surface area contributed by atoms with E-state index in [1.165, 1.54) is 5.57 Å². The van der Waals surface area contributed by atoms with E-state index in [0.29, 0.717) is 16.8 Å². The van der Waals surface area contributed by atoms with Gasteiger partial charge in [-0.1, -0.05) is 50.9 Å². The topological polar surface area (TPSA) is 59.1 Å². The van der Waals surface area contributed by atoms with Gasteiger partial charge in [-0.15, -0.1) is 0 Å². The van der Waals surface area contributed by atoms with Crippen molar-refractivity contribution in [2.24, 2.45) is 11.3 Å². The number of carbonyl (C=O) groups excluding carboxylic acids is 1. The van der Waals surface area contributed by atoms with Crippen molar-refractivity contribution in [3.8, 4) is 5.75 Å². The third-order valence-corrected chi connectivity index (χ3v) is 10.4. The number of rotatable bonds is 1. The molecule has 4 nitrogen and oxygen atoms in total. The molecule has 1 aromatic carbocycles. The quantitative estimate of drug-likeness (QED) is 0.166. The highest BCUT2D eigenvalue weighted by Crippen LogP contribution is 2.54. The van der Waals surface area contributed by atoms with Crippen LogP contribution < -0.4 is 0 Å². The van der Waals surface area contributed by atoms with E-state index in [1.54, 1.807) is 12.1 Å². The molecule has 3 aliphatic rings. The predicted molar refractivity (Wildman–Crippen MR) is 138 cm³/mol. The highest BCUT2D eigenvalue weighted by molar-refractivity contribution is 9.10. The van der Waals surface area contributed by atoms with Gasteiger partial charge in [0.25, 0.3) is 0 Å². The Balaban J connectivity index is 1.72. The zero-order chi connectivity index (χ0) is 24.2. The number of benzene rings is 1. The molecule has 2 bridgehead atoms. The lowest BCUT2D eigenvalue weighted by atomic mass is 9.61. The molecule has 1 aliphatic carbocycles.